The number of imide groups is 1. The highest BCUT2D eigenvalue weighted by molar-refractivity contribution is 6.21. The predicted octanol–water partition coefficient (Wildman–Crippen LogP) is 3.23. The summed E-state index contributed by atoms with van der Waals surface area (Å²) < 4.78 is 0. The quantitative estimate of drug-likeness (QED) is 0.812. The van der Waals surface area contributed by atoms with Crippen LogP contribution in [-0.2, 0) is 0 Å². The summed E-state index contributed by atoms with van der Waals surface area (Å²) in [5.74, 6) is -0.360. The highest BCUT2D eigenvalue weighted by Crippen LogP contribution is 2.24. The minimum Gasteiger partial charge on any atom is -0.336 e. The van der Waals surface area contributed by atoms with E-state index in [-0.39, 0.29) is 36.9 Å². The van der Waals surface area contributed by atoms with Gasteiger partial charge in [0, 0.05) is 18.8 Å². The van der Waals surface area contributed by atoms with E-state index in [1.165, 1.54) is 0 Å². The second-order valence-corrected chi connectivity index (χ2v) is 6.43. The largest absolute Gasteiger partial charge is 0.336 e. The van der Waals surface area contributed by atoms with Crippen LogP contribution in [0.4, 0.5) is 10.5 Å². The molecule has 0 radical (unpaired) electrons. The van der Waals surface area contributed by atoms with E-state index in [9.17, 15) is 14.4 Å². The predicted molar refractivity (Wildman–Crippen MR) is 99.4 cm³/mol. The number of hydrogen-bond donors (Lipinski definition) is 2. The molecular formula is C20H21N3O3. The maximum absolute atomic E-state index is 12.3. The number of nitrogens with one attached hydrogen (secondary N) is 2. The van der Waals surface area contributed by atoms with Crippen molar-refractivity contribution in [3.05, 3.63) is 65.2 Å². The van der Waals surface area contributed by atoms with Crippen LogP contribution >= 0.6 is 0 Å². The summed E-state index contributed by atoms with van der Waals surface area (Å²) in [6, 6.07) is 14.0. The van der Waals surface area contributed by atoms with Gasteiger partial charge in [-0.1, -0.05) is 44.2 Å². The zero-order chi connectivity index (χ0) is 18.7. The summed E-state index contributed by atoms with van der Waals surface area (Å²) in [6.07, 6.45) is 0. The minimum atomic E-state index is -0.366. The molecule has 1 heterocycles. The number of anilines is 1. The van der Waals surface area contributed by atoms with Gasteiger partial charge in [-0.05, 0) is 29.7 Å². The van der Waals surface area contributed by atoms with Crippen LogP contribution in [0.15, 0.2) is 48.5 Å². The van der Waals surface area contributed by atoms with Crippen molar-refractivity contribution >= 4 is 23.5 Å². The maximum atomic E-state index is 12.3. The van der Waals surface area contributed by atoms with Crippen molar-refractivity contribution in [1.29, 1.82) is 0 Å². The number of urea groups is 1. The number of rotatable bonds is 5. The highest BCUT2D eigenvalue weighted by Gasteiger charge is 2.34. The summed E-state index contributed by atoms with van der Waals surface area (Å²) in [7, 11) is 0. The van der Waals surface area contributed by atoms with E-state index in [0.29, 0.717) is 11.1 Å². The summed E-state index contributed by atoms with van der Waals surface area (Å²) in [5, 5.41) is 5.51. The van der Waals surface area contributed by atoms with Gasteiger partial charge in [0.25, 0.3) is 11.8 Å². The van der Waals surface area contributed by atoms with Gasteiger partial charge in [0.1, 0.15) is 0 Å². The molecule has 0 saturated carbocycles. The van der Waals surface area contributed by atoms with E-state index in [1.54, 1.807) is 24.3 Å². The van der Waals surface area contributed by atoms with Crippen LogP contribution in [0.25, 0.3) is 0 Å². The Labute approximate surface area is 152 Å². The van der Waals surface area contributed by atoms with Crippen molar-refractivity contribution in [2.75, 3.05) is 18.4 Å². The van der Waals surface area contributed by atoms with E-state index in [1.807, 2.05) is 24.3 Å². The number of hydrogen-bond acceptors (Lipinski definition) is 3. The minimum absolute atomic E-state index is 0.131. The van der Waals surface area contributed by atoms with Crippen molar-refractivity contribution in [3.63, 3.8) is 0 Å². The summed E-state index contributed by atoms with van der Waals surface area (Å²) >= 11 is 0. The van der Waals surface area contributed by atoms with E-state index >= 15 is 0 Å². The third-order valence-corrected chi connectivity index (χ3v) is 4.33. The highest BCUT2D eigenvalue weighted by atomic mass is 16.2. The monoisotopic (exact) mass is 351 g/mol. The lowest BCUT2D eigenvalue weighted by Crippen LogP contribution is -2.39. The van der Waals surface area contributed by atoms with Gasteiger partial charge in [-0.25, -0.2) is 4.79 Å². The van der Waals surface area contributed by atoms with Crippen molar-refractivity contribution in [2.45, 2.75) is 19.8 Å². The third-order valence-electron chi connectivity index (χ3n) is 4.33. The molecule has 0 aromatic heterocycles. The lowest BCUT2D eigenvalue weighted by Gasteiger charge is -2.16. The van der Waals surface area contributed by atoms with E-state index < -0.39 is 0 Å². The molecule has 2 aromatic rings. The van der Waals surface area contributed by atoms with E-state index in [2.05, 4.69) is 24.5 Å². The molecule has 26 heavy (non-hydrogen) atoms. The second kappa shape index (κ2) is 7.39. The Morgan fingerprint density at radius 2 is 1.54 bits per heavy atom. The van der Waals surface area contributed by atoms with E-state index in [4.69, 9.17) is 0 Å². The maximum Gasteiger partial charge on any atom is 0.319 e. The SMILES string of the molecule is CC(C)c1ccccc1NC(=O)NCCN1C(=O)c2ccccc2C1=O. The van der Waals surface area contributed by atoms with Gasteiger partial charge in [0.2, 0.25) is 0 Å². The van der Waals surface area contributed by atoms with Crippen molar-refractivity contribution in [2.24, 2.45) is 0 Å². The Morgan fingerprint density at radius 3 is 2.15 bits per heavy atom. The lowest BCUT2D eigenvalue weighted by atomic mass is 10.0. The molecule has 0 fully saturated rings. The molecule has 3 rings (SSSR count). The van der Waals surface area contributed by atoms with Crippen LogP contribution in [0.3, 0.4) is 0 Å². The number of carbonyl (C=O) groups is 3. The zero-order valence-electron chi connectivity index (χ0n) is 14.8. The number of amides is 4. The average molecular weight is 351 g/mol. The van der Waals surface area contributed by atoms with Gasteiger partial charge in [-0.15, -0.1) is 0 Å². The van der Waals surface area contributed by atoms with Crippen LogP contribution in [-0.4, -0.2) is 35.8 Å². The van der Waals surface area contributed by atoms with Crippen molar-refractivity contribution < 1.29 is 14.4 Å². The summed E-state index contributed by atoms with van der Waals surface area (Å²) in [5.41, 5.74) is 2.62. The first kappa shape index (κ1) is 17.7. The van der Waals surface area contributed by atoms with Gasteiger partial charge in [0.05, 0.1) is 11.1 Å². The zero-order valence-corrected chi connectivity index (χ0v) is 14.8. The number of para-hydroxylation sites is 1. The number of carbonyl (C=O) groups excluding carboxylic acids is 3. The van der Waals surface area contributed by atoms with Crippen molar-refractivity contribution in [3.8, 4) is 0 Å². The normalized spacial score (nSPS) is 13.1. The summed E-state index contributed by atoms with van der Waals surface area (Å²) in [6.45, 7) is 4.42. The van der Waals surface area contributed by atoms with Gasteiger partial charge < -0.3 is 10.6 Å². The molecule has 0 saturated heterocycles. The Kier molecular flexibility index (Phi) is 5.02. The molecule has 0 spiro atoms. The molecule has 0 bridgehead atoms. The molecule has 2 aromatic carbocycles. The lowest BCUT2D eigenvalue weighted by molar-refractivity contribution is 0.0656. The van der Waals surface area contributed by atoms with Crippen LogP contribution in [0, 0.1) is 0 Å². The third kappa shape index (κ3) is 3.44. The van der Waals surface area contributed by atoms with Gasteiger partial charge in [-0.3, -0.25) is 14.5 Å². The molecule has 2 N–H and O–H groups in total. The average Bonchev–Trinajstić information content (AvgIpc) is 2.87. The molecule has 0 aliphatic carbocycles. The standard InChI is InChI=1S/C20H21N3O3/c1-13(2)14-7-5-6-10-17(14)22-20(26)21-11-12-23-18(24)15-8-3-4-9-16(15)19(23)25/h3-10,13H,11-12H2,1-2H3,(H2,21,22,26). The number of benzene rings is 2. The van der Waals surface area contributed by atoms with Crippen molar-refractivity contribution in [1.82, 2.24) is 10.2 Å². The Morgan fingerprint density at radius 1 is 0.962 bits per heavy atom. The van der Waals surface area contributed by atoms with Gasteiger partial charge in [-0.2, -0.15) is 0 Å². The smallest absolute Gasteiger partial charge is 0.319 e. The first-order valence-corrected chi connectivity index (χ1v) is 8.58. The molecule has 6 nitrogen and oxygen atoms in total. The van der Waals surface area contributed by atoms with Crippen LogP contribution in [0.2, 0.25) is 0 Å². The van der Waals surface area contributed by atoms with Gasteiger partial charge >= 0.3 is 6.03 Å². The van der Waals surface area contributed by atoms with Gasteiger partial charge in [0.15, 0.2) is 0 Å². The molecule has 1 aliphatic rings. The topological polar surface area (TPSA) is 78.5 Å². The fraction of sp³-hybridized carbons (Fsp3) is 0.250. The first-order chi connectivity index (χ1) is 12.5. The van der Waals surface area contributed by atoms with Crippen LogP contribution in [0.1, 0.15) is 46.0 Å². The van der Waals surface area contributed by atoms with Crippen LogP contribution in [0.5, 0.6) is 0 Å². The Bertz CT molecular complexity index is 826. The van der Waals surface area contributed by atoms with Crippen LogP contribution < -0.4 is 10.6 Å². The molecule has 0 atom stereocenters. The molecule has 1 aliphatic heterocycles. The number of fused-ring (bicyclic) bond motifs is 1. The van der Waals surface area contributed by atoms with E-state index in [0.717, 1.165) is 16.2 Å². The molecule has 4 amide bonds. The fourth-order valence-corrected chi connectivity index (χ4v) is 3.00. The molecular weight excluding hydrogens is 330 g/mol. The molecule has 0 unspecified atom stereocenters. The Balaban J connectivity index is 1.56. The molecule has 134 valence electrons. The summed E-state index contributed by atoms with van der Waals surface area (Å²) in [4.78, 5) is 37.8. The second-order valence-electron chi connectivity index (χ2n) is 6.43. The number of nitrogens with zero attached hydrogens (tertiary/aromatic N) is 1. The Hall–Kier alpha value is -3.15. The first-order valence-electron chi connectivity index (χ1n) is 8.58. The molecule has 6 heteroatoms. The fourth-order valence-electron chi connectivity index (χ4n) is 3.00.